The fraction of sp³-hybridized carbons (Fsp3) is 0.900. The molecule has 0 saturated carbocycles. The van der Waals surface area contributed by atoms with Crippen molar-refractivity contribution >= 4 is 5.91 Å². The van der Waals surface area contributed by atoms with Crippen LogP contribution in [0.25, 0.3) is 0 Å². The van der Waals surface area contributed by atoms with Crippen molar-refractivity contribution < 1.29 is 9.53 Å². The monoisotopic (exact) mass is 213 g/mol. The topological polar surface area (TPSA) is 58.8 Å². The van der Waals surface area contributed by atoms with Gasteiger partial charge in [0.25, 0.3) is 0 Å². The SMILES string of the molecule is CC1(N)CN(CC(=O)N2CCOCC2)C1. The Morgan fingerprint density at radius 1 is 1.40 bits per heavy atom. The summed E-state index contributed by atoms with van der Waals surface area (Å²) in [4.78, 5) is 15.8. The standard InChI is InChI=1S/C10H19N3O2/c1-10(11)7-12(8-10)6-9(14)13-2-4-15-5-3-13/h2-8,11H2,1H3. The normalized spacial score (nSPS) is 26.1. The first kappa shape index (κ1) is 10.9. The number of nitrogens with zero attached hydrogens (tertiary/aromatic N) is 2. The van der Waals surface area contributed by atoms with Crippen LogP contribution in [0.2, 0.25) is 0 Å². The summed E-state index contributed by atoms with van der Waals surface area (Å²) in [6, 6.07) is 0. The molecule has 15 heavy (non-hydrogen) atoms. The average Bonchev–Trinajstić information content (AvgIpc) is 2.16. The third-order valence-electron chi connectivity index (χ3n) is 2.89. The van der Waals surface area contributed by atoms with Gasteiger partial charge in [-0.3, -0.25) is 9.69 Å². The van der Waals surface area contributed by atoms with Gasteiger partial charge in [0, 0.05) is 31.7 Å². The number of amides is 1. The van der Waals surface area contributed by atoms with Gasteiger partial charge in [-0.05, 0) is 6.92 Å². The molecule has 2 fully saturated rings. The fourth-order valence-corrected chi connectivity index (χ4v) is 2.19. The predicted octanol–water partition coefficient (Wildman–Crippen LogP) is -1.12. The van der Waals surface area contributed by atoms with Crippen molar-refractivity contribution in [3.05, 3.63) is 0 Å². The van der Waals surface area contributed by atoms with Gasteiger partial charge < -0.3 is 15.4 Å². The highest BCUT2D eigenvalue weighted by molar-refractivity contribution is 5.78. The first-order valence-electron chi connectivity index (χ1n) is 5.44. The van der Waals surface area contributed by atoms with E-state index in [1.165, 1.54) is 0 Å². The fourth-order valence-electron chi connectivity index (χ4n) is 2.19. The van der Waals surface area contributed by atoms with Crippen LogP contribution in [-0.2, 0) is 9.53 Å². The molecule has 1 amide bonds. The minimum absolute atomic E-state index is 0.0920. The first-order chi connectivity index (χ1) is 7.07. The van der Waals surface area contributed by atoms with Crippen molar-refractivity contribution in [1.29, 1.82) is 0 Å². The number of likely N-dealkylation sites (tertiary alicyclic amines) is 1. The van der Waals surface area contributed by atoms with Gasteiger partial charge >= 0.3 is 0 Å². The molecule has 0 radical (unpaired) electrons. The van der Waals surface area contributed by atoms with Crippen molar-refractivity contribution in [2.45, 2.75) is 12.5 Å². The molecule has 2 rings (SSSR count). The lowest BCUT2D eigenvalue weighted by atomic mass is 9.94. The maximum Gasteiger partial charge on any atom is 0.236 e. The Kier molecular flexibility index (Phi) is 2.95. The summed E-state index contributed by atoms with van der Waals surface area (Å²) in [6.07, 6.45) is 0. The molecular formula is C10H19N3O2. The zero-order chi connectivity index (χ0) is 10.9. The molecule has 2 aliphatic rings. The van der Waals surface area contributed by atoms with Crippen LogP contribution in [0.15, 0.2) is 0 Å². The van der Waals surface area contributed by atoms with Gasteiger partial charge in [-0.2, -0.15) is 0 Å². The van der Waals surface area contributed by atoms with E-state index in [9.17, 15) is 4.79 Å². The number of morpholine rings is 1. The maximum absolute atomic E-state index is 11.8. The van der Waals surface area contributed by atoms with Gasteiger partial charge in [0.2, 0.25) is 5.91 Å². The molecule has 0 unspecified atom stereocenters. The highest BCUT2D eigenvalue weighted by Gasteiger charge is 2.36. The van der Waals surface area contributed by atoms with Crippen molar-refractivity contribution in [2.75, 3.05) is 45.9 Å². The molecule has 0 aromatic rings. The minimum atomic E-state index is -0.0920. The van der Waals surface area contributed by atoms with Gasteiger partial charge in [0.15, 0.2) is 0 Å². The zero-order valence-corrected chi connectivity index (χ0v) is 9.24. The van der Waals surface area contributed by atoms with Crippen LogP contribution in [0.4, 0.5) is 0 Å². The average molecular weight is 213 g/mol. The van der Waals surface area contributed by atoms with E-state index in [2.05, 4.69) is 4.90 Å². The number of ether oxygens (including phenoxy) is 1. The van der Waals surface area contributed by atoms with Crippen LogP contribution in [0, 0.1) is 0 Å². The molecule has 2 N–H and O–H groups in total. The molecule has 0 aromatic carbocycles. The smallest absolute Gasteiger partial charge is 0.236 e. The molecule has 2 saturated heterocycles. The Balaban J connectivity index is 1.73. The predicted molar refractivity (Wildman–Crippen MR) is 56.4 cm³/mol. The van der Waals surface area contributed by atoms with Gasteiger partial charge in [-0.25, -0.2) is 0 Å². The molecule has 0 bridgehead atoms. The number of rotatable bonds is 2. The summed E-state index contributed by atoms with van der Waals surface area (Å²) in [5.74, 6) is 0.203. The highest BCUT2D eigenvalue weighted by atomic mass is 16.5. The minimum Gasteiger partial charge on any atom is -0.378 e. The lowest BCUT2D eigenvalue weighted by Crippen LogP contribution is -2.66. The maximum atomic E-state index is 11.8. The highest BCUT2D eigenvalue weighted by Crippen LogP contribution is 2.16. The lowest BCUT2D eigenvalue weighted by molar-refractivity contribution is -0.138. The van der Waals surface area contributed by atoms with Gasteiger partial charge in [-0.1, -0.05) is 0 Å². The first-order valence-corrected chi connectivity index (χ1v) is 5.44. The number of carbonyl (C=O) groups excluding carboxylic acids is 1. The summed E-state index contributed by atoms with van der Waals surface area (Å²) in [5, 5.41) is 0. The second-order valence-corrected chi connectivity index (χ2v) is 4.79. The molecule has 0 aliphatic carbocycles. The van der Waals surface area contributed by atoms with E-state index < -0.39 is 0 Å². The third kappa shape index (κ3) is 2.68. The summed E-state index contributed by atoms with van der Waals surface area (Å²) >= 11 is 0. The van der Waals surface area contributed by atoms with Crippen molar-refractivity contribution in [1.82, 2.24) is 9.80 Å². The largest absolute Gasteiger partial charge is 0.378 e. The lowest BCUT2D eigenvalue weighted by Gasteiger charge is -2.45. The van der Waals surface area contributed by atoms with E-state index in [0.717, 1.165) is 26.2 Å². The van der Waals surface area contributed by atoms with E-state index in [1.807, 2.05) is 11.8 Å². The van der Waals surface area contributed by atoms with Crippen LogP contribution in [-0.4, -0.2) is 67.2 Å². The molecule has 2 aliphatic heterocycles. The summed E-state index contributed by atoms with van der Waals surface area (Å²) in [7, 11) is 0. The van der Waals surface area contributed by atoms with E-state index in [4.69, 9.17) is 10.5 Å². The molecule has 0 aromatic heterocycles. The summed E-state index contributed by atoms with van der Waals surface area (Å²) < 4.78 is 5.20. The summed E-state index contributed by atoms with van der Waals surface area (Å²) in [5.41, 5.74) is 5.79. The van der Waals surface area contributed by atoms with Gasteiger partial charge in [0.1, 0.15) is 0 Å². The molecule has 2 heterocycles. The Morgan fingerprint density at radius 2 is 2.00 bits per heavy atom. The number of hydrogen-bond donors (Lipinski definition) is 1. The van der Waals surface area contributed by atoms with Crippen molar-refractivity contribution in [2.24, 2.45) is 5.73 Å². The van der Waals surface area contributed by atoms with Crippen LogP contribution in [0.3, 0.4) is 0 Å². The molecule has 0 spiro atoms. The van der Waals surface area contributed by atoms with Crippen molar-refractivity contribution in [3.8, 4) is 0 Å². The van der Waals surface area contributed by atoms with Gasteiger partial charge in [0.05, 0.1) is 19.8 Å². The molecule has 5 nitrogen and oxygen atoms in total. The van der Waals surface area contributed by atoms with E-state index in [1.54, 1.807) is 0 Å². The van der Waals surface area contributed by atoms with E-state index >= 15 is 0 Å². The van der Waals surface area contributed by atoms with Crippen molar-refractivity contribution in [3.63, 3.8) is 0 Å². The molecule has 5 heteroatoms. The van der Waals surface area contributed by atoms with Gasteiger partial charge in [-0.15, -0.1) is 0 Å². The number of carbonyl (C=O) groups is 1. The second kappa shape index (κ2) is 4.08. The number of nitrogens with two attached hydrogens (primary N) is 1. The molecule has 86 valence electrons. The Bertz CT molecular complexity index is 241. The van der Waals surface area contributed by atoms with Crippen LogP contribution >= 0.6 is 0 Å². The Hall–Kier alpha value is -0.650. The van der Waals surface area contributed by atoms with E-state index in [0.29, 0.717) is 19.8 Å². The molecule has 0 atom stereocenters. The third-order valence-corrected chi connectivity index (χ3v) is 2.89. The van der Waals surface area contributed by atoms with Crippen LogP contribution in [0.1, 0.15) is 6.92 Å². The Labute approximate surface area is 90.1 Å². The quantitative estimate of drug-likeness (QED) is 0.631. The second-order valence-electron chi connectivity index (χ2n) is 4.79. The van der Waals surface area contributed by atoms with Crippen LogP contribution < -0.4 is 5.73 Å². The zero-order valence-electron chi connectivity index (χ0n) is 9.24. The number of hydrogen-bond acceptors (Lipinski definition) is 4. The molecular weight excluding hydrogens is 194 g/mol. The van der Waals surface area contributed by atoms with Crippen LogP contribution in [0.5, 0.6) is 0 Å². The summed E-state index contributed by atoms with van der Waals surface area (Å²) in [6.45, 7) is 6.96. The van der Waals surface area contributed by atoms with E-state index in [-0.39, 0.29) is 11.4 Å². The Morgan fingerprint density at radius 3 is 2.53 bits per heavy atom.